The monoisotopic (exact) mass is 450 g/mol. The number of ether oxygens (including phenoxy) is 1. The maximum atomic E-state index is 12.3. The summed E-state index contributed by atoms with van der Waals surface area (Å²) in [5.74, 6) is 6.59. The molecule has 0 aromatic heterocycles. The summed E-state index contributed by atoms with van der Waals surface area (Å²) in [6.07, 6.45) is 3.99. The van der Waals surface area contributed by atoms with E-state index in [1.54, 1.807) is 0 Å². The van der Waals surface area contributed by atoms with Gasteiger partial charge >= 0.3 is 6.09 Å². The van der Waals surface area contributed by atoms with Crippen molar-refractivity contribution >= 4 is 11.8 Å². The summed E-state index contributed by atoms with van der Waals surface area (Å²) in [5, 5.41) is 2.84. The molecule has 0 spiro atoms. The summed E-state index contributed by atoms with van der Waals surface area (Å²) < 4.78 is 5.60. The topological polar surface area (TPSA) is 41.6 Å². The number of piperidine rings is 1. The molecule has 1 aliphatic carbocycles. The molecule has 0 saturated carbocycles. The number of nitrogens with zero attached hydrogens (tertiary/aromatic N) is 1. The van der Waals surface area contributed by atoms with Gasteiger partial charge in [0.25, 0.3) is 0 Å². The third-order valence-corrected chi connectivity index (χ3v) is 6.69. The molecule has 1 aliphatic heterocycles. The van der Waals surface area contributed by atoms with Gasteiger partial charge in [0.1, 0.15) is 6.61 Å². The number of hydrogen-bond acceptors (Lipinski definition) is 3. The number of amides is 1. The summed E-state index contributed by atoms with van der Waals surface area (Å²) in [6.45, 7) is 2.99. The zero-order valence-corrected chi connectivity index (χ0v) is 19.4. The van der Waals surface area contributed by atoms with E-state index < -0.39 is 6.09 Å². The summed E-state index contributed by atoms with van der Waals surface area (Å²) in [6, 6.07) is 25.1. The van der Waals surface area contributed by atoms with E-state index in [0.29, 0.717) is 19.6 Å². The molecule has 1 heterocycles. The van der Waals surface area contributed by atoms with Crippen LogP contribution < -0.4 is 10.2 Å². The number of rotatable bonds is 5. The lowest BCUT2D eigenvalue weighted by Gasteiger charge is -2.29. The van der Waals surface area contributed by atoms with Crippen LogP contribution >= 0.6 is 0 Å². The van der Waals surface area contributed by atoms with Crippen molar-refractivity contribution < 1.29 is 9.53 Å². The summed E-state index contributed by atoms with van der Waals surface area (Å²) >= 11 is 0. The Morgan fingerprint density at radius 1 is 0.882 bits per heavy atom. The van der Waals surface area contributed by atoms with Crippen LogP contribution in [0.15, 0.2) is 72.8 Å². The van der Waals surface area contributed by atoms with Crippen LogP contribution in [-0.4, -0.2) is 32.3 Å². The number of anilines is 1. The maximum Gasteiger partial charge on any atom is 0.407 e. The molecule has 4 nitrogen and oxygen atoms in total. The number of carbonyl (C=O) groups is 1. The first kappa shape index (κ1) is 22.1. The molecular weight excluding hydrogens is 420 g/mol. The number of nitrogens with one attached hydrogen (secondary N) is 1. The van der Waals surface area contributed by atoms with E-state index in [1.807, 2.05) is 18.2 Å². The third-order valence-electron chi connectivity index (χ3n) is 6.69. The summed E-state index contributed by atoms with van der Waals surface area (Å²) in [5.41, 5.74) is 7.17. The third kappa shape index (κ3) is 4.79. The Kier molecular flexibility index (Phi) is 6.81. The van der Waals surface area contributed by atoms with Gasteiger partial charge in [0.15, 0.2) is 0 Å². The minimum absolute atomic E-state index is 0.0734. The number of fused-ring (bicyclic) bond motifs is 3. The van der Waals surface area contributed by atoms with Gasteiger partial charge < -0.3 is 15.0 Å². The molecule has 1 fully saturated rings. The first-order valence-corrected chi connectivity index (χ1v) is 12.2. The number of hydrogen-bond donors (Lipinski definition) is 1. The normalized spacial score (nSPS) is 14.5. The minimum Gasteiger partial charge on any atom is -0.449 e. The van der Waals surface area contributed by atoms with Crippen LogP contribution in [0.25, 0.3) is 11.1 Å². The molecule has 2 aliphatic rings. The molecule has 0 radical (unpaired) electrons. The number of alkyl carbamates (subject to hydrolysis) is 1. The molecule has 1 N–H and O–H groups in total. The zero-order chi connectivity index (χ0) is 23.2. The first-order valence-electron chi connectivity index (χ1n) is 12.2. The summed E-state index contributed by atoms with van der Waals surface area (Å²) in [4.78, 5) is 14.8. The number of carbonyl (C=O) groups excluding carboxylic acids is 1. The molecule has 3 aromatic rings. The van der Waals surface area contributed by atoms with E-state index in [1.165, 1.54) is 47.2 Å². The number of benzene rings is 3. The molecule has 3 aromatic carbocycles. The lowest BCUT2D eigenvalue weighted by molar-refractivity contribution is 0.143. The van der Waals surface area contributed by atoms with Crippen LogP contribution in [0.4, 0.5) is 10.5 Å². The van der Waals surface area contributed by atoms with Crippen molar-refractivity contribution in [2.75, 3.05) is 31.1 Å². The largest absolute Gasteiger partial charge is 0.449 e. The number of para-hydroxylation sites is 1. The Hall–Kier alpha value is -3.71. The van der Waals surface area contributed by atoms with Gasteiger partial charge in [-0.2, -0.15) is 0 Å². The standard InChI is InChI=1S/C30H30N2O2/c33-30(34-22-28-26-16-5-3-14-24(26)25-15-4-6-17-27(25)28)31-19-9-8-13-23-12-2-7-18-29(23)32-20-10-1-11-21-32/h2-7,12,14-18,28H,1,9-11,19-22H2,(H,31,33). The Balaban J connectivity index is 1.13. The predicted octanol–water partition coefficient (Wildman–Crippen LogP) is 5.96. The molecule has 0 unspecified atom stereocenters. The average Bonchev–Trinajstić information content (AvgIpc) is 3.22. The lowest BCUT2D eigenvalue weighted by atomic mass is 9.98. The van der Waals surface area contributed by atoms with Gasteiger partial charge in [-0.25, -0.2) is 4.79 Å². The predicted molar refractivity (Wildman–Crippen MR) is 137 cm³/mol. The van der Waals surface area contributed by atoms with Crippen LogP contribution in [0.1, 0.15) is 48.3 Å². The highest BCUT2D eigenvalue weighted by atomic mass is 16.5. The smallest absolute Gasteiger partial charge is 0.407 e. The highest BCUT2D eigenvalue weighted by Crippen LogP contribution is 2.44. The fraction of sp³-hybridized carbons (Fsp3) is 0.300. The fourth-order valence-electron chi connectivity index (χ4n) is 5.02. The van der Waals surface area contributed by atoms with Crippen LogP contribution in [0.2, 0.25) is 0 Å². The van der Waals surface area contributed by atoms with Crippen molar-refractivity contribution in [3.05, 3.63) is 89.5 Å². The van der Waals surface area contributed by atoms with Gasteiger partial charge in [-0.3, -0.25) is 0 Å². The van der Waals surface area contributed by atoms with Gasteiger partial charge in [0.05, 0.1) is 5.69 Å². The van der Waals surface area contributed by atoms with Gasteiger partial charge in [-0.1, -0.05) is 72.5 Å². The van der Waals surface area contributed by atoms with E-state index in [-0.39, 0.29) is 5.92 Å². The Labute approximate surface area is 201 Å². The van der Waals surface area contributed by atoms with E-state index >= 15 is 0 Å². The average molecular weight is 451 g/mol. The van der Waals surface area contributed by atoms with Crippen molar-refractivity contribution in [1.29, 1.82) is 0 Å². The maximum absolute atomic E-state index is 12.3. The molecule has 34 heavy (non-hydrogen) atoms. The van der Waals surface area contributed by atoms with Crippen molar-refractivity contribution in [2.45, 2.75) is 31.6 Å². The van der Waals surface area contributed by atoms with Crippen LogP contribution in [-0.2, 0) is 4.74 Å². The highest BCUT2D eigenvalue weighted by Gasteiger charge is 2.28. The van der Waals surface area contributed by atoms with Crippen molar-refractivity contribution in [3.8, 4) is 23.0 Å². The van der Waals surface area contributed by atoms with Gasteiger partial charge in [-0.15, -0.1) is 0 Å². The van der Waals surface area contributed by atoms with E-state index in [2.05, 4.69) is 76.7 Å². The Bertz CT molecular complexity index is 1170. The Morgan fingerprint density at radius 2 is 1.53 bits per heavy atom. The zero-order valence-electron chi connectivity index (χ0n) is 19.4. The molecule has 0 atom stereocenters. The van der Waals surface area contributed by atoms with Gasteiger partial charge in [-0.05, 0) is 53.6 Å². The van der Waals surface area contributed by atoms with E-state index in [4.69, 9.17) is 4.74 Å². The van der Waals surface area contributed by atoms with Crippen LogP contribution in [0.5, 0.6) is 0 Å². The quantitative estimate of drug-likeness (QED) is 0.385. The molecule has 5 rings (SSSR count). The molecular formula is C30H30N2O2. The van der Waals surface area contributed by atoms with Gasteiger partial charge in [0, 0.05) is 37.5 Å². The molecule has 1 saturated heterocycles. The SMILES string of the molecule is O=C(NCCC#Cc1ccccc1N1CCCCC1)OCC1c2ccccc2-c2ccccc21. The summed E-state index contributed by atoms with van der Waals surface area (Å²) in [7, 11) is 0. The second kappa shape index (κ2) is 10.5. The Morgan fingerprint density at radius 3 is 2.26 bits per heavy atom. The van der Waals surface area contributed by atoms with Crippen molar-refractivity contribution in [1.82, 2.24) is 5.32 Å². The second-order valence-corrected chi connectivity index (χ2v) is 8.87. The van der Waals surface area contributed by atoms with Crippen LogP contribution in [0.3, 0.4) is 0 Å². The highest BCUT2D eigenvalue weighted by molar-refractivity contribution is 5.79. The van der Waals surface area contributed by atoms with Crippen molar-refractivity contribution in [3.63, 3.8) is 0 Å². The van der Waals surface area contributed by atoms with E-state index in [9.17, 15) is 4.79 Å². The lowest BCUT2D eigenvalue weighted by Crippen LogP contribution is -2.29. The minimum atomic E-state index is -0.391. The molecule has 4 heteroatoms. The molecule has 1 amide bonds. The fourth-order valence-corrected chi connectivity index (χ4v) is 5.02. The molecule has 172 valence electrons. The van der Waals surface area contributed by atoms with Crippen LogP contribution in [0, 0.1) is 11.8 Å². The molecule has 0 bridgehead atoms. The van der Waals surface area contributed by atoms with E-state index in [0.717, 1.165) is 18.7 Å². The van der Waals surface area contributed by atoms with Gasteiger partial charge in [0.2, 0.25) is 0 Å². The van der Waals surface area contributed by atoms with Crippen molar-refractivity contribution in [2.24, 2.45) is 0 Å². The second-order valence-electron chi connectivity index (χ2n) is 8.87. The first-order chi connectivity index (χ1) is 16.8.